The Labute approximate surface area is 87.3 Å². The molecule has 0 aliphatic heterocycles. The Hall–Kier alpha value is -0.0800. The van der Waals surface area contributed by atoms with Gasteiger partial charge in [-0.2, -0.15) is 0 Å². The first-order valence-electron chi connectivity index (χ1n) is 6.10. The molecule has 0 aromatic heterocycles. The van der Waals surface area contributed by atoms with Crippen LogP contribution in [-0.2, 0) is 0 Å². The lowest BCUT2D eigenvalue weighted by Crippen LogP contribution is -2.40. The zero-order chi connectivity index (χ0) is 10.1. The summed E-state index contributed by atoms with van der Waals surface area (Å²) in [7, 11) is 0. The van der Waals surface area contributed by atoms with Gasteiger partial charge in [0.25, 0.3) is 0 Å². The van der Waals surface area contributed by atoms with Crippen molar-refractivity contribution >= 4 is 0 Å². The van der Waals surface area contributed by atoms with E-state index in [0.717, 1.165) is 18.8 Å². The summed E-state index contributed by atoms with van der Waals surface area (Å²) in [6.45, 7) is 5.84. The van der Waals surface area contributed by atoms with Crippen molar-refractivity contribution in [2.24, 2.45) is 5.92 Å². The van der Waals surface area contributed by atoms with Crippen molar-refractivity contribution in [1.29, 1.82) is 0 Å². The van der Waals surface area contributed by atoms with Gasteiger partial charge >= 0.3 is 0 Å². The van der Waals surface area contributed by atoms with Gasteiger partial charge in [0.2, 0.25) is 0 Å². The van der Waals surface area contributed by atoms with Crippen molar-refractivity contribution in [2.45, 2.75) is 64.1 Å². The van der Waals surface area contributed by atoms with Crippen molar-refractivity contribution < 1.29 is 5.11 Å². The number of hydrogen-bond acceptors (Lipinski definition) is 2. The van der Waals surface area contributed by atoms with Crippen LogP contribution in [-0.4, -0.2) is 34.7 Å². The van der Waals surface area contributed by atoms with Crippen molar-refractivity contribution in [3.05, 3.63) is 0 Å². The van der Waals surface area contributed by atoms with Gasteiger partial charge < -0.3 is 5.11 Å². The Morgan fingerprint density at radius 1 is 1.21 bits per heavy atom. The van der Waals surface area contributed by atoms with Crippen LogP contribution in [0, 0.1) is 5.92 Å². The fourth-order valence-corrected chi connectivity index (χ4v) is 2.62. The molecule has 0 saturated heterocycles. The van der Waals surface area contributed by atoms with E-state index in [2.05, 4.69) is 18.7 Å². The molecule has 2 aliphatic carbocycles. The molecule has 14 heavy (non-hydrogen) atoms. The second-order valence-electron chi connectivity index (χ2n) is 5.35. The van der Waals surface area contributed by atoms with Crippen LogP contribution in [0.2, 0.25) is 0 Å². The molecule has 0 aromatic rings. The predicted molar refractivity (Wildman–Crippen MR) is 58.2 cm³/mol. The van der Waals surface area contributed by atoms with Gasteiger partial charge in [0.05, 0.1) is 6.10 Å². The smallest absolute Gasteiger partial charge is 0.0555 e. The summed E-state index contributed by atoms with van der Waals surface area (Å²) >= 11 is 0. The van der Waals surface area contributed by atoms with Gasteiger partial charge in [-0.15, -0.1) is 0 Å². The first kappa shape index (κ1) is 10.4. The highest BCUT2D eigenvalue weighted by molar-refractivity contribution is 4.87. The standard InChI is InChI=1S/C12H23NO/c1-9(2)13(8-10-3-4-10)11-5-6-12(14)7-11/h9-12,14H,3-8H2,1-2H3. The number of hydrogen-bond donors (Lipinski definition) is 1. The Morgan fingerprint density at radius 2 is 1.93 bits per heavy atom. The second kappa shape index (κ2) is 4.19. The van der Waals surface area contributed by atoms with Crippen molar-refractivity contribution in [1.82, 2.24) is 4.90 Å². The van der Waals surface area contributed by atoms with Crippen LogP contribution >= 0.6 is 0 Å². The van der Waals surface area contributed by atoms with E-state index in [1.54, 1.807) is 0 Å². The average molecular weight is 197 g/mol. The van der Waals surface area contributed by atoms with E-state index in [4.69, 9.17) is 0 Å². The first-order chi connectivity index (χ1) is 6.66. The summed E-state index contributed by atoms with van der Waals surface area (Å²) in [5.41, 5.74) is 0. The number of nitrogens with zero attached hydrogens (tertiary/aromatic N) is 1. The van der Waals surface area contributed by atoms with E-state index in [1.807, 2.05) is 0 Å². The summed E-state index contributed by atoms with van der Waals surface area (Å²) < 4.78 is 0. The molecule has 0 bridgehead atoms. The van der Waals surface area contributed by atoms with E-state index in [9.17, 15) is 5.11 Å². The van der Waals surface area contributed by atoms with Crippen LogP contribution in [0.1, 0.15) is 46.0 Å². The third-order valence-corrected chi connectivity index (χ3v) is 3.68. The first-order valence-corrected chi connectivity index (χ1v) is 6.10. The topological polar surface area (TPSA) is 23.5 Å². The number of aliphatic hydroxyl groups excluding tert-OH is 1. The number of rotatable bonds is 4. The zero-order valence-electron chi connectivity index (χ0n) is 9.45. The fraction of sp³-hybridized carbons (Fsp3) is 1.00. The fourth-order valence-electron chi connectivity index (χ4n) is 2.62. The predicted octanol–water partition coefficient (Wildman–Crippen LogP) is 2.02. The lowest BCUT2D eigenvalue weighted by atomic mass is 10.1. The second-order valence-corrected chi connectivity index (χ2v) is 5.35. The molecule has 0 aromatic carbocycles. The zero-order valence-corrected chi connectivity index (χ0v) is 9.45. The maximum Gasteiger partial charge on any atom is 0.0555 e. The van der Waals surface area contributed by atoms with Gasteiger partial charge in [0, 0.05) is 18.6 Å². The molecule has 0 amide bonds. The minimum Gasteiger partial charge on any atom is -0.393 e. The molecule has 2 aliphatic rings. The van der Waals surface area contributed by atoms with Crippen molar-refractivity contribution in [2.75, 3.05) is 6.54 Å². The Bertz CT molecular complexity index is 189. The summed E-state index contributed by atoms with van der Waals surface area (Å²) in [5.74, 6) is 0.968. The van der Waals surface area contributed by atoms with E-state index in [-0.39, 0.29) is 6.10 Å². The highest BCUT2D eigenvalue weighted by atomic mass is 16.3. The summed E-state index contributed by atoms with van der Waals surface area (Å²) in [5, 5.41) is 9.55. The van der Waals surface area contributed by atoms with Crippen LogP contribution in [0.4, 0.5) is 0 Å². The molecule has 0 radical (unpaired) electrons. The molecule has 2 unspecified atom stereocenters. The molecule has 2 fully saturated rings. The molecule has 82 valence electrons. The van der Waals surface area contributed by atoms with E-state index < -0.39 is 0 Å². The van der Waals surface area contributed by atoms with Gasteiger partial charge in [-0.1, -0.05) is 0 Å². The van der Waals surface area contributed by atoms with Crippen LogP contribution in [0.3, 0.4) is 0 Å². The summed E-state index contributed by atoms with van der Waals surface area (Å²) in [4.78, 5) is 2.62. The van der Waals surface area contributed by atoms with Crippen LogP contribution in [0.5, 0.6) is 0 Å². The molecule has 1 N–H and O–H groups in total. The summed E-state index contributed by atoms with van der Waals surface area (Å²) in [6.07, 6.45) is 6.05. The molecule has 2 atom stereocenters. The number of aliphatic hydroxyl groups is 1. The SMILES string of the molecule is CC(C)N(CC1CC1)C1CCC(O)C1. The van der Waals surface area contributed by atoms with E-state index in [1.165, 1.54) is 25.8 Å². The maximum atomic E-state index is 9.55. The third kappa shape index (κ3) is 2.48. The monoisotopic (exact) mass is 197 g/mol. The molecule has 2 nitrogen and oxygen atoms in total. The minimum atomic E-state index is -0.0274. The molecule has 2 heteroatoms. The molecular weight excluding hydrogens is 174 g/mol. The molecule has 0 heterocycles. The van der Waals surface area contributed by atoms with Crippen molar-refractivity contribution in [3.63, 3.8) is 0 Å². The Kier molecular flexibility index (Phi) is 3.13. The highest BCUT2D eigenvalue weighted by Crippen LogP contribution is 2.33. The van der Waals surface area contributed by atoms with E-state index in [0.29, 0.717) is 12.1 Å². The molecular formula is C12H23NO. The maximum absolute atomic E-state index is 9.55. The molecule has 2 saturated carbocycles. The van der Waals surface area contributed by atoms with Gasteiger partial charge in [0.15, 0.2) is 0 Å². The Morgan fingerprint density at radius 3 is 2.36 bits per heavy atom. The van der Waals surface area contributed by atoms with Gasteiger partial charge in [-0.25, -0.2) is 0 Å². The normalized spacial score (nSPS) is 33.2. The van der Waals surface area contributed by atoms with E-state index >= 15 is 0 Å². The minimum absolute atomic E-state index is 0.0274. The lowest BCUT2D eigenvalue weighted by molar-refractivity contribution is 0.124. The van der Waals surface area contributed by atoms with Crippen LogP contribution in [0.15, 0.2) is 0 Å². The molecule has 2 rings (SSSR count). The molecule has 0 spiro atoms. The van der Waals surface area contributed by atoms with Crippen LogP contribution in [0.25, 0.3) is 0 Å². The van der Waals surface area contributed by atoms with Crippen LogP contribution < -0.4 is 0 Å². The average Bonchev–Trinajstić information content (AvgIpc) is 2.84. The lowest BCUT2D eigenvalue weighted by Gasteiger charge is -2.32. The quantitative estimate of drug-likeness (QED) is 0.745. The van der Waals surface area contributed by atoms with Gasteiger partial charge in [0.1, 0.15) is 0 Å². The third-order valence-electron chi connectivity index (χ3n) is 3.68. The van der Waals surface area contributed by atoms with Crippen molar-refractivity contribution in [3.8, 4) is 0 Å². The highest BCUT2D eigenvalue weighted by Gasteiger charge is 2.33. The summed E-state index contributed by atoms with van der Waals surface area (Å²) in [6, 6.07) is 1.30. The van der Waals surface area contributed by atoms with Gasteiger partial charge in [-0.3, -0.25) is 4.90 Å². The largest absolute Gasteiger partial charge is 0.393 e. The van der Waals surface area contributed by atoms with Gasteiger partial charge in [-0.05, 0) is 51.9 Å². The Balaban J connectivity index is 1.88.